The Balaban J connectivity index is 2.04. The van der Waals surface area contributed by atoms with E-state index in [0.29, 0.717) is 0 Å². The van der Waals surface area contributed by atoms with Gasteiger partial charge in [0.2, 0.25) is 0 Å². The van der Waals surface area contributed by atoms with Gasteiger partial charge in [-0.2, -0.15) is 0 Å². The number of rotatable bonds is 4. The zero-order chi connectivity index (χ0) is 20.5. The number of nitrogens with two attached hydrogens (primary N) is 1. The van der Waals surface area contributed by atoms with Crippen molar-refractivity contribution in [3.8, 4) is 11.8 Å². The normalized spacial score (nSPS) is 11.9. The molecule has 8 heteroatoms. The number of aliphatic hydroxyl groups is 1. The summed E-state index contributed by atoms with van der Waals surface area (Å²) in [5.41, 5.74) is 10.6. The van der Waals surface area contributed by atoms with Crippen LogP contribution in [0.15, 0.2) is 54.6 Å². The second-order valence-corrected chi connectivity index (χ2v) is 5.86. The molecule has 0 saturated carbocycles. The molecular weight excluding hydrogens is 360 g/mol. The second kappa shape index (κ2) is 9.75. The SMILES string of the molecule is CC(O)C(NC(=O)c1ccc(C#Cc2ccccc2)cc1)C(=O)NNC(N)=O. The highest BCUT2D eigenvalue weighted by molar-refractivity contribution is 5.98. The topological polar surface area (TPSA) is 134 Å². The Morgan fingerprint density at radius 2 is 1.50 bits per heavy atom. The molecule has 2 aromatic carbocycles. The first-order chi connectivity index (χ1) is 13.4. The fourth-order valence-corrected chi connectivity index (χ4v) is 2.20. The summed E-state index contributed by atoms with van der Waals surface area (Å²) < 4.78 is 0. The van der Waals surface area contributed by atoms with Crippen molar-refractivity contribution >= 4 is 17.8 Å². The van der Waals surface area contributed by atoms with Crippen LogP contribution < -0.4 is 21.9 Å². The van der Waals surface area contributed by atoms with E-state index in [-0.39, 0.29) is 5.56 Å². The number of carbonyl (C=O) groups is 3. The van der Waals surface area contributed by atoms with E-state index >= 15 is 0 Å². The molecule has 0 bridgehead atoms. The van der Waals surface area contributed by atoms with Crippen molar-refractivity contribution in [2.45, 2.75) is 19.1 Å². The Kier molecular flexibility index (Phi) is 7.13. The highest BCUT2D eigenvalue weighted by atomic mass is 16.3. The number of nitrogens with one attached hydrogen (secondary N) is 3. The van der Waals surface area contributed by atoms with E-state index in [1.165, 1.54) is 6.92 Å². The van der Waals surface area contributed by atoms with Crippen molar-refractivity contribution in [3.05, 3.63) is 71.3 Å². The summed E-state index contributed by atoms with van der Waals surface area (Å²) in [6.45, 7) is 1.33. The molecule has 0 aliphatic carbocycles. The van der Waals surface area contributed by atoms with Gasteiger partial charge in [0.25, 0.3) is 11.8 Å². The summed E-state index contributed by atoms with van der Waals surface area (Å²) in [5, 5.41) is 12.1. The van der Waals surface area contributed by atoms with E-state index < -0.39 is 30.0 Å². The first kappa shape index (κ1) is 20.5. The Bertz CT molecular complexity index is 899. The van der Waals surface area contributed by atoms with Gasteiger partial charge in [-0.1, -0.05) is 30.0 Å². The molecule has 0 heterocycles. The number of primary amides is 1. The van der Waals surface area contributed by atoms with Crippen LogP contribution in [0.3, 0.4) is 0 Å². The minimum absolute atomic E-state index is 0.284. The van der Waals surface area contributed by atoms with Gasteiger partial charge in [-0.05, 0) is 43.3 Å². The zero-order valence-corrected chi connectivity index (χ0v) is 15.1. The molecule has 0 radical (unpaired) electrons. The molecule has 2 unspecified atom stereocenters. The first-order valence-electron chi connectivity index (χ1n) is 8.38. The number of aliphatic hydroxyl groups excluding tert-OH is 1. The molecule has 4 amide bonds. The van der Waals surface area contributed by atoms with Crippen molar-refractivity contribution in [2.24, 2.45) is 5.73 Å². The molecule has 6 N–H and O–H groups in total. The van der Waals surface area contributed by atoms with Crippen LogP contribution in [0.5, 0.6) is 0 Å². The molecule has 28 heavy (non-hydrogen) atoms. The Morgan fingerprint density at radius 3 is 2.04 bits per heavy atom. The average Bonchev–Trinajstić information content (AvgIpc) is 2.69. The van der Waals surface area contributed by atoms with Crippen LogP contribution in [-0.2, 0) is 4.79 Å². The number of urea groups is 1. The van der Waals surface area contributed by atoms with Crippen molar-refractivity contribution < 1.29 is 19.5 Å². The van der Waals surface area contributed by atoms with E-state index in [9.17, 15) is 19.5 Å². The van der Waals surface area contributed by atoms with Crippen molar-refractivity contribution in [1.82, 2.24) is 16.2 Å². The molecule has 0 aliphatic rings. The highest BCUT2D eigenvalue weighted by Gasteiger charge is 2.26. The smallest absolute Gasteiger partial charge is 0.330 e. The lowest BCUT2D eigenvalue weighted by Gasteiger charge is -2.20. The molecule has 2 atom stereocenters. The van der Waals surface area contributed by atoms with Crippen molar-refractivity contribution in [2.75, 3.05) is 0 Å². The third-order valence-electron chi connectivity index (χ3n) is 3.63. The minimum atomic E-state index is -1.28. The Labute approximate surface area is 162 Å². The van der Waals surface area contributed by atoms with Gasteiger partial charge in [0, 0.05) is 16.7 Å². The second-order valence-electron chi connectivity index (χ2n) is 5.86. The summed E-state index contributed by atoms with van der Waals surface area (Å²) >= 11 is 0. The van der Waals surface area contributed by atoms with Gasteiger partial charge in [0.1, 0.15) is 6.04 Å². The summed E-state index contributed by atoms with van der Waals surface area (Å²) in [6, 6.07) is 13.7. The lowest BCUT2D eigenvalue weighted by molar-refractivity contribution is -0.126. The predicted octanol–water partition coefficient (Wildman–Crippen LogP) is 0.265. The van der Waals surface area contributed by atoms with Gasteiger partial charge in [0.05, 0.1) is 6.10 Å². The van der Waals surface area contributed by atoms with Crippen LogP contribution in [-0.4, -0.2) is 35.1 Å². The molecule has 144 valence electrons. The molecule has 2 rings (SSSR count). The standard InChI is InChI=1S/C20H20N4O4/c1-13(25)17(19(27)23-24-20(21)28)22-18(26)16-11-9-15(10-12-16)8-7-14-5-3-2-4-6-14/h2-6,9-13,17,25H,1H3,(H,22,26)(H,23,27)(H3,21,24,28). The average molecular weight is 380 g/mol. The lowest BCUT2D eigenvalue weighted by Crippen LogP contribution is -2.57. The predicted molar refractivity (Wildman–Crippen MR) is 103 cm³/mol. The number of amides is 4. The number of hydrazine groups is 1. The van der Waals surface area contributed by atoms with E-state index in [1.54, 1.807) is 24.3 Å². The Hall–Kier alpha value is -3.83. The van der Waals surface area contributed by atoms with Gasteiger partial charge in [0.15, 0.2) is 0 Å². The molecule has 0 saturated heterocycles. The maximum Gasteiger partial charge on any atom is 0.330 e. The third-order valence-corrected chi connectivity index (χ3v) is 3.63. The molecule has 0 aliphatic heterocycles. The lowest BCUT2D eigenvalue weighted by atomic mass is 10.1. The van der Waals surface area contributed by atoms with Crippen LogP contribution in [0.4, 0.5) is 4.79 Å². The highest BCUT2D eigenvalue weighted by Crippen LogP contribution is 2.05. The van der Waals surface area contributed by atoms with Crippen molar-refractivity contribution in [3.63, 3.8) is 0 Å². The molecule has 0 aromatic heterocycles. The van der Waals surface area contributed by atoms with Gasteiger partial charge < -0.3 is 16.2 Å². The monoisotopic (exact) mass is 380 g/mol. The summed E-state index contributed by atoms with van der Waals surface area (Å²) in [4.78, 5) is 34.9. The summed E-state index contributed by atoms with van der Waals surface area (Å²) in [5.74, 6) is 4.63. The van der Waals surface area contributed by atoms with E-state index in [1.807, 2.05) is 41.2 Å². The Morgan fingerprint density at radius 1 is 0.929 bits per heavy atom. The first-order valence-corrected chi connectivity index (χ1v) is 8.38. The fourth-order valence-electron chi connectivity index (χ4n) is 2.20. The quantitative estimate of drug-likeness (QED) is 0.384. The molecule has 0 spiro atoms. The summed E-state index contributed by atoms with van der Waals surface area (Å²) in [6.07, 6.45) is -1.20. The maximum atomic E-state index is 12.3. The van der Waals surface area contributed by atoms with Crippen LogP contribution in [0.25, 0.3) is 0 Å². The number of hydrogen-bond donors (Lipinski definition) is 5. The number of benzene rings is 2. The fraction of sp³-hybridized carbons (Fsp3) is 0.150. The molecule has 2 aromatic rings. The molecular formula is C20H20N4O4. The van der Waals surface area contributed by atoms with Crippen LogP contribution in [0.2, 0.25) is 0 Å². The van der Waals surface area contributed by atoms with Crippen LogP contribution >= 0.6 is 0 Å². The van der Waals surface area contributed by atoms with Gasteiger partial charge in [-0.15, -0.1) is 0 Å². The number of hydrogen-bond acceptors (Lipinski definition) is 4. The maximum absolute atomic E-state index is 12.3. The largest absolute Gasteiger partial charge is 0.391 e. The molecule has 8 nitrogen and oxygen atoms in total. The minimum Gasteiger partial charge on any atom is -0.391 e. The van der Waals surface area contributed by atoms with E-state index in [0.717, 1.165) is 11.1 Å². The zero-order valence-electron chi connectivity index (χ0n) is 15.1. The van der Waals surface area contributed by atoms with Gasteiger partial charge in [-0.3, -0.25) is 15.0 Å². The van der Waals surface area contributed by atoms with Crippen LogP contribution in [0.1, 0.15) is 28.4 Å². The van der Waals surface area contributed by atoms with Gasteiger partial charge in [-0.25, -0.2) is 10.2 Å². The summed E-state index contributed by atoms with van der Waals surface area (Å²) in [7, 11) is 0. The van der Waals surface area contributed by atoms with E-state index in [2.05, 4.69) is 17.2 Å². The third kappa shape index (κ3) is 6.16. The van der Waals surface area contributed by atoms with Gasteiger partial charge >= 0.3 is 6.03 Å². The molecule has 0 fully saturated rings. The van der Waals surface area contributed by atoms with E-state index in [4.69, 9.17) is 5.73 Å². The van der Waals surface area contributed by atoms with Crippen molar-refractivity contribution in [1.29, 1.82) is 0 Å². The van der Waals surface area contributed by atoms with Crippen LogP contribution in [0, 0.1) is 11.8 Å². The number of carbonyl (C=O) groups excluding carboxylic acids is 3.